The fourth-order valence-corrected chi connectivity index (χ4v) is 8.07. The summed E-state index contributed by atoms with van der Waals surface area (Å²) in [5, 5.41) is 9.67. The zero-order valence-corrected chi connectivity index (χ0v) is 44.3. The molecule has 8 nitrogen and oxygen atoms in total. The average Bonchev–Trinajstić information content (AvgIpc) is 3.29. The monoisotopic (exact) mass is 941 g/mol. The van der Waals surface area contributed by atoms with Crippen molar-refractivity contribution in [2.45, 2.75) is 257 Å². The second kappa shape index (κ2) is 49.5. The van der Waals surface area contributed by atoms with Gasteiger partial charge in [0.05, 0.1) is 34.4 Å². The number of carbonyl (C=O) groups is 3. The molecule has 0 amide bonds. The molecule has 0 aromatic heterocycles. The van der Waals surface area contributed by atoms with Crippen molar-refractivity contribution in [2.75, 3.05) is 41.0 Å². The van der Waals surface area contributed by atoms with E-state index in [1.165, 1.54) is 135 Å². The predicted molar refractivity (Wildman–Crippen MR) is 284 cm³/mol. The lowest BCUT2D eigenvalue weighted by Crippen LogP contribution is -2.50. The molecule has 0 saturated heterocycles. The largest absolute Gasteiger partial charge is 0.477 e. The van der Waals surface area contributed by atoms with Gasteiger partial charge in [0.15, 0.2) is 12.1 Å². The van der Waals surface area contributed by atoms with E-state index in [1.807, 2.05) is 21.1 Å². The van der Waals surface area contributed by atoms with Crippen LogP contribution in [-0.4, -0.2) is 80.6 Å². The van der Waals surface area contributed by atoms with E-state index in [0.717, 1.165) is 77.0 Å². The molecule has 2 atom stereocenters. The first-order valence-electron chi connectivity index (χ1n) is 27.8. The van der Waals surface area contributed by atoms with Gasteiger partial charge >= 0.3 is 17.9 Å². The van der Waals surface area contributed by atoms with Gasteiger partial charge in [0, 0.05) is 19.3 Å². The summed E-state index contributed by atoms with van der Waals surface area (Å²) >= 11 is 0. The van der Waals surface area contributed by atoms with Gasteiger partial charge in [0.1, 0.15) is 6.61 Å². The fraction of sp³-hybridized carbons (Fsp3) is 0.780. The molecule has 0 fully saturated rings. The lowest BCUT2D eigenvalue weighted by atomic mass is 10.0. The number of carboxylic acid groups (broad SMARTS) is 1. The van der Waals surface area contributed by atoms with Crippen molar-refractivity contribution in [1.29, 1.82) is 0 Å². The third-order valence-corrected chi connectivity index (χ3v) is 12.4. The molecule has 8 heteroatoms. The lowest BCUT2D eigenvalue weighted by Gasteiger charge is -2.31. The van der Waals surface area contributed by atoms with Crippen LogP contribution < -0.4 is 0 Å². The number of allylic oxidation sites excluding steroid dienone is 10. The maximum atomic E-state index is 12.8. The first-order chi connectivity index (χ1) is 32.6. The highest BCUT2D eigenvalue weighted by atomic mass is 16.6. The number of rotatable bonds is 50. The molecule has 0 radical (unpaired) electrons. The van der Waals surface area contributed by atoms with Gasteiger partial charge in [-0.25, -0.2) is 4.79 Å². The molecule has 2 unspecified atom stereocenters. The van der Waals surface area contributed by atoms with Crippen LogP contribution in [0.15, 0.2) is 60.8 Å². The summed E-state index contributed by atoms with van der Waals surface area (Å²) in [5.41, 5.74) is 0. The van der Waals surface area contributed by atoms with Crippen molar-refractivity contribution in [3.8, 4) is 0 Å². The number of hydrogen-bond acceptors (Lipinski definition) is 6. The van der Waals surface area contributed by atoms with E-state index in [-0.39, 0.29) is 36.2 Å². The lowest BCUT2D eigenvalue weighted by molar-refractivity contribution is -0.887. The van der Waals surface area contributed by atoms with E-state index in [1.54, 1.807) is 0 Å². The van der Waals surface area contributed by atoms with Crippen molar-refractivity contribution in [3.05, 3.63) is 60.8 Å². The molecule has 0 aliphatic carbocycles. The number of likely N-dealkylation sites (N-methyl/N-ethyl adjacent to an activating group) is 1. The Kier molecular flexibility index (Phi) is 47.3. The molecule has 388 valence electrons. The first kappa shape index (κ1) is 64.0. The molecule has 0 aliphatic rings. The molecule has 1 N–H and O–H groups in total. The standard InChI is InChI=1S/C59H105NO7/c1-6-8-10-12-14-16-18-20-22-24-26-28-30-32-34-36-38-40-42-44-46-48-50-58(62)67-55(53-65-52-51-56(59(63)64)60(3,4)5)54-66-57(61)49-47-45-43-41-39-37-35-33-31-29-27-25-23-21-19-17-15-13-11-9-7-2/h15,17,21,23,27,29-30,32-33,35,55-56H,6-14,16,18-20,22,24-26,28,31,34,36-54H2,1-5H3/p+1/b17-15+,23-21+,29-27+,32-30+,35-33+. The second-order valence-electron chi connectivity index (χ2n) is 19.8. The number of hydrogen-bond donors (Lipinski definition) is 1. The highest BCUT2D eigenvalue weighted by molar-refractivity contribution is 5.72. The van der Waals surface area contributed by atoms with E-state index in [4.69, 9.17) is 14.2 Å². The van der Waals surface area contributed by atoms with Gasteiger partial charge in [-0.2, -0.15) is 0 Å². The summed E-state index contributed by atoms with van der Waals surface area (Å²) in [7, 11) is 5.53. The van der Waals surface area contributed by atoms with Crippen LogP contribution in [0.5, 0.6) is 0 Å². The summed E-state index contributed by atoms with van der Waals surface area (Å²) in [5.74, 6) is -1.49. The van der Waals surface area contributed by atoms with Crippen molar-refractivity contribution in [1.82, 2.24) is 0 Å². The van der Waals surface area contributed by atoms with Crippen LogP contribution in [0.25, 0.3) is 0 Å². The minimum Gasteiger partial charge on any atom is -0.477 e. The summed E-state index contributed by atoms with van der Waals surface area (Å²) in [4.78, 5) is 37.2. The Balaban J connectivity index is 4.25. The Labute approximate surface area is 413 Å². The molecule has 0 aromatic rings. The van der Waals surface area contributed by atoms with Gasteiger partial charge in [-0.1, -0.05) is 203 Å². The molecule has 0 spiro atoms. The smallest absolute Gasteiger partial charge is 0.362 e. The van der Waals surface area contributed by atoms with Crippen molar-refractivity contribution < 1.29 is 38.2 Å². The van der Waals surface area contributed by atoms with Crippen LogP contribution >= 0.6 is 0 Å². The van der Waals surface area contributed by atoms with E-state index in [9.17, 15) is 19.5 Å². The van der Waals surface area contributed by atoms with Gasteiger partial charge in [-0.05, 0) is 83.5 Å². The van der Waals surface area contributed by atoms with Crippen LogP contribution in [0.4, 0.5) is 0 Å². The highest BCUT2D eigenvalue weighted by Gasteiger charge is 2.31. The normalized spacial score (nSPS) is 13.3. The molecular weight excluding hydrogens is 835 g/mol. The summed E-state index contributed by atoms with van der Waals surface area (Å²) in [6.45, 7) is 4.71. The van der Waals surface area contributed by atoms with Crippen LogP contribution in [0.1, 0.15) is 245 Å². The SMILES string of the molecule is CCCCC/C=C/C/C=C/C/C=C/C/C=C/CCCCCCCC(=O)OCC(COCCC(C(=O)O)[N+](C)(C)C)OC(=O)CCCCCCCCC/C=C/CCCCCCCCCCCCC. The Bertz CT molecular complexity index is 1280. The third-order valence-electron chi connectivity index (χ3n) is 12.4. The third kappa shape index (κ3) is 47.9. The number of carboxylic acids is 1. The second-order valence-corrected chi connectivity index (χ2v) is 19.8. The summed E-state index contributed by atoms with van der Waals surface area (Å²) < 4.78 is 17.4. The minimum atomic E-state index is -0.878. The quantitative estimate of drug-likeness (QED) is 0.0281. The van der Waals surface area contributed by atoms with Crippen LogP contribution in [0.2, 0.25) is 0 Å². The number of carbonyl (C=O) groups excluding carboxylic acids is 2. The zero-order chi connectivity index (χ0) is 49.2. The van der Waals surface area contributed by atoms with E-state index in [0.29, 0.717) is 19.3 Å². The summed E-state index contributed by atoms with van der Waals surface area (Å²) in [6.07, 6.45) is 62.7. The van der Waals surface area contributed by atoms with Gasteiger partial charge in [0.25, 0.3) is 0 Å². The fourth-order valence-electron chi connectivity index (χ4n) is 8.07. The Morgan fingerprint density at radius 3 is 1.21 bits per heavy atom. The maximum Gasteiger partial charge on any atom is 0.362 e. The highest BCUT2D eigenvalue weighted by Crippen LogP contribution is 2.15. The van der Waals surface area contributed by atoms with Gasteiger partial charge < -0.3 is 23.8 Å². The topological polar surface area (TPSA) is 99.1 Å². The molecule has 0 bridgehead atoms. The van der Waals surface area contributed by atoms with E-state index in [2.05, 4.69) is 74.6 Å². The molecule has 0 heterocycles. The Morgan fingerprint density at radius 1 is 0.448 bits per heavy atom. The van der Waals surface area contributed by atoms with Crippen molar-refractivity contribution >= 4 is 17.9 Å². The maximum absolute atomic E-state index is 12.8. The van der Waals surface area contributed by atoms with Gasteiger partial charge in [0.2, 0.25) is 0 Å². The average molecular weight is 941 g/mol. The predicted octanol–water partition coefficient (Wildman–Crippen LogP) is 16.5. The van der Waals surface area contributed by atoms with Crippen molar-refractivity contribution in [3.63, 3.8) is 0 Å². The Hall–Kier alpha value is -2.97. The van der Waals surface area contributed by atoms with Crippen LogP contribution in [0, 0.1) is 0 Å². The number of quaternary nitrogens is 1. The summed E-state index contributed by atoms with van der Waals surface area (Å²) in [6, 6.07) is -0.621. The number of esters is 2. The number of nitrogens with zero attached hydrogens (tertiary/aromatic N) is 1. The molecule has 67 heavy (non-hydrogen) atoms. The number of ether oxygens (including phenoxy) is 3. The molecule has 0 aromatic carbocycles. The molecule has 0 rings (SSSR count). The molecule has 0 saturated carbocycles. The molecular formula is C59H106NO7+. The van der Waals surface area contributed by atoms with Crippen LogP contribution in [0.3, 0.4) is 0 Å². The minimum absolute atomic E-state index is 0.0521. The Morgan fingerprint density at radius 2 is 0.791 bits per heavy atom. The van der Waals surface area contributed by atoms with E-state index >= 15 is 0 Å². The van der Waals surface area contributed by atoms with Crippen LogP contribution in [-0.2, 0) is 28.6 Å². The van der Waals surface area contributed by atoms with Crippen molar-refractivity contribution in [2.24, 2.45) is 0 Å². The molecule has 0 aliphatic heterocycles. The number of unbranched alkanes of at least 4 members (excludes halogenated alkanes) is 26. The zero-order valence-electron chi connectivity index (χ0n) is 44.3. The first-order valence-corrected chi connectivity index (χ1v) is 27.8. The van der Waals surface area contributed by atoms with Gasteiger partial charge in [-0.15, -0.1) is 0 Å². The van der Waals surface area contributed by atoms with Gasteiger partial charge in [-0.3, -0.25) is 9.59 Å². The number of aliphatic carboxylic acids is 1. The van der Waals surface area contributed by atoms with E-state index < -0.39 is 18.1 Å².